The minimum Gasteiger partial charge on any atom is -0.352 e. The van der Waals surface area contributed by atoms with Crippen LogP contribution in [-0.4, -0.2) is 12.5 Å². The fraction of sp³-hybridized carbons (Fsp3) is 0.208. The molecule has 144 valence electrons. The van der Waals surface area contributed by atoms with Gasteiger partial charge in [-0.05, 0) is 67.3 Å². The lowest BCUT2D eigenvalue weighted by Gasteiger charge is -2.07. The molecule has 0 atom stereocenters. The number of halogens is 1. The molecule has 4 heteroatoms. The standard InChI is InChI=1S/C24H24ClNOS/c1-18-4-6-19(7-5-18)3-2-16-26-24(27)21-10-8-20(9-11-21)17-28-23-14-12-22(25)13-15-23/h4-15H,2-3,16-17H2,1H3,(H,26,27). The molecule has 3 rings (SSSR count). The van der Waals surface area contributed by atoms with Gasteiger partial charge >= 0.3 is 0 Å². The topological polar surface area (TPSA) is 29.1 Å². The van der Waals surface area contributed by atoms with Crippen molar-refractivity contribution in [3.63, 3.8) is 0 Å². The SMILES string of the molecule is Cc1ccc(CCCNC(=O)c2ccc(CSc3ccc(Cl)cc3)cc2)cc1. The first-order valence-electron chi connectivity index (χ1n) is 9.41. The zero-order chi connectivity index (χ0) is 19.8. The molecule has 0 saturated heterocycles. The summed E-state index contributed by atoms with van der Waals surface area (Å²) in [6, 6.07) is 24.2. The van der Waals surface area contributed by atoms with Crippen LogP contribution < -0.4 is 5.32 Å². The zero-order valence-corrected chi connectivity index (χ0v) is 17.5. The van der Waals surface area contributed by atoms with Crippen molar-refractivity contribution < 1.29 is 4.79 Å². The number of hydrogen-bond acceptors (Lipinski definition) is 2. The Kier molecular flexibility index (Phi) is 7.58. The minimum atomic E-state index is -0.0131. The molecular weight excluding hydrogens is 386 g/mol. The number of rotatable bonds is 8. The largest absolute Gasteiger partial charge is 0.352 e. The van der Waals surface area contributed by atoms with Crippen molar-refractivity contribution in [1.29, 1.82) is 0 Å². The van der Waals surface area contributed by atoms with Gasteiger partial charge in [0.2, 0.25) is 0 Å². The summed E-state index contributed by atoms with van der Waals surface area (Å²) in [6.07, 6.45) is 1.91. The molecule has 1 amide bonds. The van der Waals surface area contributed by atoms with Crippen LogP contribution in [-0.2, 0) is 12.2 Å². The Morgan fingerprint density at radius 1 is 0.893 bits per heavy atom. The van der Waals surface area contributed by atoms with E-state index in [2.05, 4.69) is 36.5 Å². The molecule has 1 N–H and O–H groups in total. The van der Waals surface area contributed by atoms with Gasteiger partial charge in [-0.25, -0.2) is 0 Å². The molecule has 3 aromatic rings. The van der Waals surface area contributed by atoms with E-state index < -0.39 is 0 Å². The van der Waals surface area contributed by atoms with Crippen LogP contribution in [0.15, 0.2) is 77.7 Å². The Balaban J connectivity index is 1.41. The normalized spacial score (nSPS) is 10.6. The van der Waals surface area contributed by atoms with E-state index in [1.54, 1.807) is 11.8 Å². The van der Waals surface area contributed by atoms with Crippen LogP contribution in [0.5, 0.6) is 0 Å². The van der Waals surface area contributed by atoms with Gasteiger partial charge in [0.15, 0.2) is 0 Å². The summed E-state index contributed by atoms with van der Waals surface area (Å²) in [5.74, 6) is 0.848. The van der Waals surface area contributed by atoms with Gasteiger partial charge in [-0.15, -0.1) is 11.8 Å². The van der Waals surface area contributed by atoms with Gasteiger partial charge in [0.1, 0.15) is 0 Å². The monoisotopic (exact) mass is 409 g/mol. The lowest BCUT2D eigenvalue weighted by molar-refractivity contribution is 0.0953. The summed E-state index contributed by atoms with van der Waals surface area (Å²) in [7, 11) is 0. The van der Waals surface area contributed by atoms with Gasteiger partial charge < -0.3 is 5.32 Å². The van der Waals surface area contributed by atoms with E-state index in [1.165, 1.54) is 21.6 Å². The number of hydrogen-bond donors (Lipinski definition) is 1. The molecule has 0 spiro atoms. The van der Waals surface area contributed by atoms with Crippen LogP contribution in [0.25, 0.3) is 0 Å². The highest BCUT2D eigenvalue weighted by molar-refractivity contribution is 7.98. The second-order valence-corrected chi connectivity index (χ2v) is 8.27. The molecule has 28 heavy (non-hydrogen) atoms. The number of benzene rings is 3. The average Bonchev–Trinajstić information content (AvgIpc) is 2.72. The Bertz CT molecular complexity index is 889. The summed E-state index contributed by atoms with van der Waals surface area (Å²) in [4.78, 5) is 13.5. The van der Waals surface area contributed by atoms with Crippen LogP contribution in [0.1, 0.15) is 33.5 Å². The number of amides is 1. The quantitative estimate of drug-likeness (QED) is 0.349. The van der Waals surface area contributed by atoms with Crippen molar-refractivity contribution in [3.8, 4) is 0 Å². The van der Waals surface area contributed by atoms with E-state index in [9.17, 15) is 4.79 Å². The van der Waals surface area contributed by atoms with E-state index in [4.69, 9.17) is 11.6 Å². The van der Waals surface area contributed by atoms with E-state index in [0.717, 1.165) is 23.6 Å². The first-order chi connectivity index (χ1) is 13.6. The second-order valence-electron chi connectivity index (χ2n) is 6.78. The zero-order valence-electron chi connectivity index (χ0n) is 16.0. The maximum atomic E-state index is 12.3. The van der Waals surface area contributed by atoms with Gasteiger partial charge in [-0.2, -0.15) is 0 Å². The molecule has 0 aromatic heterocycles. The van der Waals surface area contributed by atoms with Crippen LogP contribution in [0, 0.1) is 6.92 Å². The summed E-state index contributed by atoms with van der Waals surface area (Å²) in [5, 5.41) is 3.76. The first-order valence-corrected chi connectivity index (χ1v) is 10.8. The van der Waals surface area contributed by atoms with E-state index in [-0.39, 0.29) is 5.91 Å². The van der Waals surface area contributed by atoms with Crippen LogP contribution >= 0.6 is 23.4 Å². The fourth-order valence-corrected chi connectivity index (χ4v) is 3.78. The van der Waals surface area contributed by atoms with Gasteiger partial charge in [-0.1, -0.05) is 53.6 Å². The van der Waals surface area contributed by atoms with Crippen LogP contribution in [0.3, 0.4) is 0 Å². The Hall–Kier alpha value is -2.23. The highest BCUT2D eigenvalue weighted by Gasteiger charge is 2.05. The highest BCUT2D eigenvalue weighted by atomic mass is 35.5. The summed E-state index contributed by atoms with van der Waals surface area (Å²) in [5.41, 5.74) is 4.47. The van der Waals surface area contributed by atoms with Gasteiger partial charge in [0.05, 0.1) is 0 Å². The van der Waals surface area contributed by atoms with E-state index in [1.807, 2.05) is 48.5 Å². The van der Waals surface area contributed by atoms with Crippen molar-refractivity contribution in [2.24, 2.45) is 0 Å². The van der Waals surface area contributed by atoms with Crippen molar-refractivity contribution in [2.45, 2.75) is 30.4 Å². The van der Waals surface area contributed by atoms with Crippen molar-refractivity contribution in [3.05, 3.63) is 100 Å². The molecule has 0 aliphatic heterocycles. The van der Waals surface area contributed by atoms with E-state index >= 15 is 0 Å². The summed E-state index contributed by atoms with van der Waals surface area (Å²) >= 11 is 7.66. The third-order valence-corrected chi connectivity index (χ3v) is 5.82. The molecule has 0 heterocycles. The molecule has 0 unspecified atom stereocenters. The number of nitrogens with one attached hydrogen (secondary N) is 1. The van der Waals surface area contributed by atoms with Gasteiger partial charge in [0, 0.05) is 27.8 Å². The van der Waals surface area contributed by atoms with E-state index in [0.29, 0.717) is 12.1 Å². The second kappa shape index (κ2) is 10.4. The lowest BCUT2D eigenvalue weighted by atomic mass is 10.1. The smallest absolute Gasteiger partial charge is 0.251 e. The maximum absolute atomic E-state index is 12.3. The Labute approximate surface area is 176 Å². The third-order valence-electron chi connectivity index (χ3n) is 4.48. The van der Waals surface area contributed by atoms with Crippen LogP contribution in [0.4, 0.5) is 0 Å². The molecule has 0 fully saturated rings. The minimum absolute atomic E-state index is 0.0131. The number of aryl methyl sites for hydroxylation is 2. The average molecular weight is 410 g/mol. The molecule has 0 saturated carbocycles. The van der Waals surface area contributed by atoms with Crippen molar-refractivity contribution in [1.82, 2.24) is 5.32 Å². The summed E-state index contributed by atoms with van der Waals surface area (Å²) < 4.78 is 0. The predicted octanol–water partition coefficient (Wildman–Crippen LogP) is 6.30. The molecular formula is C24H24ClNOS. The summed E-state index contributed by atoms with van der Waals surface area (Å²) in [6.45, 7) is 2.77. The van der Waals surface area contributed by atoms with Crippen molar-refractivity contribution >= 4 is 29.3 Å². The van der Waals surface area contributed by atoms with Crippen molar-refractivity contribution in [2.75, 3.05) is 6.54 Å². The molecule has 3 aromatic carbocycles. The molecule has 0 aliphatic rings. The molecule has 2 nitrogen and oxygen atoms in total. The first kappa shape index (κ1) is 20.5. The third kappa shape index (κ3) is 6.43. The fourth-order valence-electron chi connectivity index (χ4n) is 2.80. The molecule has 0 aliphatic carbocycles. The predicted molar refractivity (Wildman–Crippen MR) is 119 cm³/mol. The highest BCUT2D eigenvalue weighted by Crippen LogP contribution is 2.24. The van der Waals surface area contributed by atoms with Gasteiger partial charge in [-0.3, -0.25) is 4.79 Å². The molecule has 0 radical (unpaired) electrons. The molecule has 0 bridgehead atoms. The maximum Gasteiger partial charge on any atom is 0.251 e. The van der Waals surface area contributed by atoms with Gasteiger partial charge in [0.25, 0.3) is 5.91 Å². The van der Waals surface area contributed by atoms with Crippen LogP contribution in [0.2, 0.25) is 5.02 Å². The number of thioether (sulfide) groups is 1. The Morgan fingerprint density at radius 2 is 1.54 bits per heavy atom. The number of carbonyl (C=O) groups excluding carboxylic acids is 1. The lowest BCUT2D eigenvalue weighted by Crippen LogP contribution is -2.24. The number of carbonyl (C=O) groups is 1. The Morgan fingerprint density at radius 3 is 2.21 bits per heavy atom.